The van der Waals surface area contributed by atoms with E-state index in [9.17, 15) is 8.78 Å². The molecule has 0 N–H and O–H groups in total. The van der Waals surface area contributed by atoms with Crippen molar-refractivity contribution in [2.75, 3.05) is 14.0 Å². The summed E-state index contributed by atoms with van der Waals surface area (Å²) >= 11 is 0. The van der Waals surface area contributed by atoms with Crippen LogP contribution in [0.4, 0.5) is 8.78 Å². The zero-order chi connectivity index (χ0) is 17.1. The quantitative estimate of drug-likeness (QED) is 0.571. The molecule has 0 unspecified atom stereocenters. The standard InChI is InChI=1S/C20H16F2O2/c1-13(23-2)15-7-6-14-4-3-5-17(19(14)10-15)18-9-8-16(22)11-20(18)24-12-21/h3-11H,1,12H2,2H3. The predicted molar refractivity (Wildman–Crippen MR) is 92.0 cm³/mol. The van der Waals surface area contributed by atoms with Crippen LogP contribution >= 0.6 is 0 Å². The minimum atomic E-state index is -1.02. The van der Waals surface area contributed by atoms with Crippen LogP contribution in [-0.2, 0) is 4.74 Å². The molecular weight excluding hydrogens is 310 g/mol. The molecule has 24 heavy (non-hydrogen) atoms. The Morgan fingerprint density at radius 2 is 1.88 bits per heavy atom. The Labute approximate surface area is 138 Å². The number of methoxy groups -OCH3 is 1. The van der Waals surface area contributed by atoms with Crippen molar-refractivity contribution in [3.8, 4) is 16.9 Å². The van der Waals surface area contributed by atoms with Crippen molar-refractivity contribution >= 4 is 16.5 Å². The van der Waals surface area contributed by atoms with Crippen LogP contribution in [0.15, 0.2) is 61.2 Å². The van der Waals surface area contributed by atoms with Gasteiger partial charge in [-0.3, -0.25) is 0 Å². The lowest BCUT2D eigenvalue weighted by atomic mass is 9.96. The molecule has 0 heterocycles. The summed E-state index contributed by atoms with van der Waals surface area (Å²) in [7, 11) is 1.56. The monoisotopic (exact) mass is 326 g/mol. The number of halogens is 2. The molecule has 4 heteroatoms. The summed E-state index contributed by atoms with van der Waals surface area (Å²) in [5.41, 5.74) is 2.29. The van der Waals surface area contributed by atoms with Crippen LogP contribution in [0.1, 0.15) is 5.56 Å². The van der Waals surface area contributed by atoms with Crippen molar-refractivity contribution in [3.63, 3.8) is 0 Å². The summed E-state index contributed by atoms with van der Waals surface area (Å²) in [6.07, 6.45) is 0. The smallest absolute Gasteiger partial charge is 0.228 e. The van der Waals surface area contributed by atoms with Crippen molar-refractivity contribution in [3.05, 3.63) is 72.6 Å². The highest BCUT2D eigenvalue weighted by Crippen LogP contribution is 2.36. The van der Waals surface area contributed by atoms with Gasteiger partial charge in [0.25, 0.3) is 0 Å². The maximum atomic E-state index is 13.5. The average molecular weight is 326 g/mol. The highest BCUT2D eigenvalue weighted by atomic mass is 19.1. The van der Waals surface area contributed by atoms with Gasteiger partial charge in [-0.25, -0.2) is 8.78 Å². The van der Waals surface area contributed by atoms with Crippen LogP contribution in [0, 0.1) is 5.82 Å². The first kappa shape index (κ1) is 16.0. The van der Waals surface area contributed by atoms with Crippen LogP contribution in [0.2, 0.25) is 0 Å². The maximum absolute atomic E-state index is 13.5. The zero-order valence-electron chi connectivity index (χ0n) is 13.2. The molecule has 0 saturated heterocycles. The largest absolute Gasteiger partial charge is 0.497 e. The minimum absolute atomic E-state index is 0.168. The third-order valence-corrected chi connectivity index (χ3v) is 3.89. The lowest BCUT2D eigenvalue weighted by Gasteiger charge is -2.13. The lowest BCUT2D eigenvalue weighted by Crippen LogP contribution is -1.95. The van der Waals surface area contributed by atoms with E-state index in [1.54, 1.807) is 13.2 Å². The van der Waals surface area contributed by atoms with Gasteiger partial charge in [0.15, 0.2) is 0 Å². The Balaban J connectivity index is 2.24. The third-order valence-electron chi connectivity index (χ3n) is 3.89. The average Bonchev–Trinajstić information content (AvgIpc) is 2.61. The highest BCUT2D eigenvalue weighted by molar-refractivity contribution is 5.99. The second-order valence-electron chi connectivity index (χ2n) is 5.26. The van der Waals surface area contributed by atoms with Crippen molar-refractivity contribution in [1.82, 2.24) is 0 Å². The van der Waals surface area contributed by atoms with Crippen molar-refractivity contribution in [1.29, 1.82) is 0 Å². The number of benzene rings is 3. The van der Waals surface area contributed by atoms with E-state index in [1.165, 1.54) is 12.1 Å². The van der Waals surface area contributed by atoms with E-state index in [0.29, 0.717) is 11.3 Å². The summed E-state index contributed by atoms with van der Waals surface area (Å²) in [5.74, 6) is 0.239. The second-order valence-corrected chi connectivity index (χ2v) is 5.26. The van der Waals surface area contributed by atoms with Gasteiger partial charge in [0.1, 0.15) is 17.3 Å². The van der Waals surface area contributed by atoms with E-state index < -0.39 is 12.7 Å². The molecule has 0 atom stereocenters. The Morgan fingerprint density at radius 3 is 2.62 bits per heavy atom. The number of rotatable bonds is 5. The maximum Gasteiger partial charge on any atom is 0.228 e. The topological polar surface area (TPSA) is 18.5 Å². The molecular formula is C20H16F2O2. The molecule has 0 spiro atoms. The fraction of sp³-hybridized carbons (Fsp3) is 0.100. The summed E-state index contributed by atoms with van der Waals surface area (Å²) in [5, 5.41) is 1.92. The highest BCUT2D eigenvalue weighted by Gasteiger charge is 2.12. The first-order valence-electron chi connectivity index (χ1n) is 7.39. The molecule has 0 saturated carbocycles. The normalized spacial score (nSPS) is 10.6. The van der Waals surface area contributed by atoms with Gasteiger partial charge in [-0.05, 0) is 34.5 Å². The fourth-order valence-electron chi connectivity index (χ4n) is 2.70. The molecule has 0 aromatic heterocycles. The van der Waals surface area contributed by atoms with E-state index in [4.69, 9.17) is 9.47 Å². The van der Waals surface area contributed by atoms with E-state index in [0.717, 1.165) is 21.9 Å². The molecule has 3 aromatic carbocycles. The lowest BCUT2D eigenvalue weighted by molar-refractivity contribution is 0.192. The second kappa shape index (κ2) is 6.71. The Bertz CT molecular complexity index is 903. The summed E-state index contributed by atoms with van der Waals surface area (Å²) < 4.78 is 36.3. The van der Waals surface area contributed by atoms with Gasteiger partial charge < -0.3 is 9.47 Å². The number of alkyl halides is 1. The number of fused-ring (bicyclic) bond motifs is 1. The van der Waals surface area contributed by atoms with Crippen molar-refractivity contribution < 1.29 is 18.3 Å². The third kappa shape index (κ3) is 2.95. The summed E-state index contributed by atoms with van der Waals surface area (Å²) in [6.45, 7) is 2.84. The Hall–Kier alpha value is -2.88. The summed E-state index contributed by atoms with van der Waals surface area (Å²) in [4.78, 5) is 0. The number of hydrogen-bond acceptors (Lipinski definition) is 2. The molecule has 0 fully saturated rings. The molecule has 0 aliphatic carbocycles. The molecule has 3 rings (SSSR count). The zero-order valence-corrected chi connectivity index (χ0v) is 13.2. The van der Waals surface area contributed by atoms with Gasteiger partial charge in [0.2, 0.25) is 6.86 Å². The van der Waals surface area contributed by atoms with Crippen LogP contribution in [0.3, 0.4) is 0 Å². The van der Waals surface area contributed by atoms with Gasteiger partial charge in [-0.15, -0.1) is 0 Å². The number of hydrogen-bond donors (Lipinski definition) is 0. The molecule has 3 aromatic rings. The van der Waals surface area contributed by atoms with Gasteiger partial charge in [0, 0.05) is 17.2 Å². The molecule has 122 valence electrons. The Kier molecular flexibility index (Phi) is 4.47. The number of ether oxygens (including phenoxy) is 2. The fourth-order valence-corrected chi connectivity index (χ4v) is 2.70. The minimum Gasteiger partial charge on any atom is -0.497 e. The van der Waals surface area contributed by atoms with Crippen LogP contribution in [0.25, 0.3) is 27.7 Å². The van der Waals surface area contributed by atoms with Crippen molar-refractivity contribution in [2.45, 2.75) is 0 Å². The van der Waals surface area contributed by atoms with Crippen LogP contribution in [-0.4, -0.2) is 14.0 Å². The van der Waals surface area contributed by atoms with Crippen LogP contribution in [0.5, 0.6) is 5.75 Å². The van der Waals surface area contributed by atoms with Gasteiger partial charge in [-0.2, -0.15) is 0 Å². The molecule has 0 aliphatic heterocycles. The van der Waals surface area contributed by atoms with E-state index in [1.807, 2.05) is 36.4 Å². The first-order valence-corrected chi connectivity index (χ1v) is 7.39. The van der Waals surface area contributed by atoms with Gasteiger partial charge in [0.05, 0.1) is 7.11 Å². The first-order chi connectivity index (χ1) is 11.6. The van der Waals surface area contributed by atoms with E-state index in [-0.39, 0.29) is 5.75 Å². The molecule has 0 aliphatic rings. The molecule has 2 nitrogen and oxygen atoms in total. The molecule has 0 radical (unpaired) electrons. The Morgan fingerprint density at radius 1 is 1.04 bits per heavy atom. The van der Waals surface area contributed by atoms with E-state index in [2.05, 4.69) is 6.58 Å². The SMILES string of the molecule is C=C(OC)c1ccc2cccc(-c3ccc(F)cc3OCF)c2c1. The van der Waals surface area contributed by atoms with Crippen molar-refractivity contribution in [2.24, 2.45) is 0 Å². The molecule has 0 amide bonds. The summed E-state index contributed by atoms with van der Waals surface area (Å²) in [6, 6.07) is 15.7. The van der Waals surface area contributed by atoms with Crippen LogP contribution < -0.4 is 4.74 Å². The molecule has 0 bridgehead atoms. The predicted octanol–water partition coefficient (Wildman–Crippen LogP) is 5.57. The van der Waals surface area contributed by atoms with Gasteiger partial charge in [-0.1, -0.05) is 36.9 Å². The van der Waals surface area contributed by atoms with E-state index >= 15 is 0 Å². The van der Waals surface area contributed by atoms with Gasteiger partial charge >= 0.3 is 0 Å².